The molecular formula is C17H19NO5. The maximum atomic E-state index is 10.9. The Labute approximate surface area is 134 Å². The van der Waals surface area contributed by atoms with E-state index in [1.54, 1.807) is 24.3 Å². The van der Waals surface area contributed by atoms with E-state index in [4.69, 9.17) is 10.5 Å². The van der Waals surface area contributed by atoms with Crippen molar-refractivity contribution < 1.29 is 24.2 Å². The fraction of sp³-hybridized carbons (Fsp3) is 0.176. The molecule has 23 heavy (non-hydrogen) atoms. The third-order valence-corrected chi connectivity index (χ3v) is 2.79. The highest BCUT2D eigenvalue weighted by Gasteiger charge is 2.06. The maximum Gasteiger partial charge on any atom is 0.339 e. The van der Waals surface area contributed by atoms with Crippen LogP contribution < -0.4 is 10.5 Å². The van der Waals surface area contributed by atoms with Crippen molar-refractivity contribution in [3.8, 4) is 11.5 Å². The minimum absolute atomic E-state index is 0.0578. The molecule has 0 heterocycles. The standard InChI is InChI=1S/C9H10O3.C8H9NO2/c1-2-12-9-5-7(6-10)3-4-8(9)11;1-11-8(10)6-4-2-3-5-7(6)9/h3-6,11H,2H2,1H3;2-5H,9H2,1H3. The smallest absolute Gasteiger partial charge is 0.339 e. The minimum atomic E-state index is -0.400. The van der Waals surface area contributed by atoms with Crippen molar-refractivity contribution in [3.05, 3.63) is 53.6 Å². The molecule has 6 nitrogen and oxygen atoms in total. The molecule has 0 aliphatic heterocycles. The molecule has 0 aliphatic carbocycles. The molecule has 2 aromatic rings. The number of phenolic OH excluding ortho intramolecular Hbond substituents is 1. The summed E-state index contributed by atoms with van der Waals surface area (Å²) < 4.78 is 9.57. The maximum absolute atomic E-state index is 10.9. The topological polar surface area (TPSA) is 98.9 Å². The first kappa shape index (κ1) is 18.0. The average Bonchev–Trinajstić information content (AvgIpc) is 2.57. The predicted molar refractivity (Wildman–Crippen MR) is 86.9 cm³/mol. The van der Waals surface area contributed by atoms with Gasteiger partial charge in [-0.15, -0.1) is 0 Å². The van der Waals surface area contributed by atoms with Gasteiger partial charge in [0.1, 0.15) is 6.29 Å². The van der Waals surface area contributed by atoms with Crippen molar-refractivity contribution >= 4 is 17.9 Å². The zero-order valence-electron chi connectivity index (χ0n) is 13.0. The van der Waals surface area contributed by atoms with Crippen LogP contribution in [0.5, 0.6) is 11.5 Å². The van der Waals surface area contributed by atoms with Gasteiger partial charge in [-0.3, -0.25) is 4.79 Å². The molecule has 0 atom stereocenters. The number of carbonyl (C=O) groups excluding carboxylic acids is 2. The molecule has 2 rings (SSSR count). The average molecular weight is 317 g/mol. The van der Waals surface area contributed by atoms with Gasteiger partial charge in [-0.25, -0.2) is 4.79 Å². The van der Waals surface area contributed by atoms with Gasteiger partial charge in [-0.2, -0.15) is 0 Å². The fourth-order valence-electron chi connectivity index (χ4n) is 1.67. The van der Waals surface area contributed by atoms with Crippen molar-refractivity contribution in [2.75, 3.05) is 19.5 Å². The SMILES string of the molecule is CCOc1cc(C=O)ccc1O.COC(=O)c1ccccc1N. The van der Waals surface area contributed by atoms with Crippen LogP contribution >= 0.6 is 0 Å². The number of hydrogen-bond acceptors (Lipinski definition) is 6. The third kappa shape index (κ3) is 5.35. The van der Waals surface area contributed by atoms with Gasteiger partial charge in [0.2, 0.25) is 0 Å². The fourth-order valence-corrected chi connectivity index (χ4v) is 1.67. The van der Waals surface area contributed by atoms with E-state index in [0.29, 0.717) is 35.5 Å². The molecule has 0 aromatic heterocycles. The van der Waals surface area contributed by atoms with Crippen molar-refractivity contribution in [3.63, 3.8) is 0 Å². The number of para-hydroxylation sites is 1. The molecule has 2 aromatic carbocycles. The molecule has 0 aliphatic rings. The van der Waals surface area contributed by atoms with Crippen LogP contribution in [0.3, 0.4) is 0 Å². The van der Waals surface area contributed by atoms with Gasteiger partial charge < -0.3 is 20.3 Å². The Kier molecular flexibility index (Phi) is 7.13. The second kappa shape index (κ2) is 9.09. The van der Waals surface area contributed by atoms with Crippen LogP contribution in [0.25, 0.3) is 0 Å². The summed E-state index contributed by atoms with van der Waals surface area (Å²) in [4.78, 5) is 21.3. The summed E-state index contributed by atoms with van der Waals surface area (Å²) in [6, 6.07) is 11.3. The Morgan fingerprint density at radius 2 is 1.96 bits per heavy atom. The van der Waals surface area contributed by atoms with Crippen molar-refractivity contribution in [1.82, 2.24) is 0 Å². The van der Waals surface area contributed by atoms with Crippen LogP contribution in [-0.4, -0.2) is 31.1 Å². The summed E-state index contributed by atoms with van der Waals surface area (Å²) in [5, 5.41) is 9.22. The largest absolute Gasteiger partial charge is 0.504 e. The lowest BCUT2D eigenvalue weighted by atomic mass is 10.2. The van der Waals surface area contributed by atoms with Gasteiger partial charge in [0.15, 0.2) is 11.5 Å². The summed E-state index contributed by atoms with van der Waals surface area (Å²) in [6.07, 6.45) is 0.710. The van der Waals surface area contributed by atoms with Gasteiger partial charge in [-0.1, -0.05) is 12.1 Å². The number of phenols is 1. The van der Waals surface area contributed by atoms with E-state index in [9.17, 15) is 14.7 Å². The van der Waals surface area contributed by atoms with Crippen molar-refractivity contribution in [2.45, 2.75) is 6.92 Å². The summed E-state index contributed by atoms with van der Waals surface area (Å²) in [6.45, 7) is 2.28. The lowest BCUT2D eigenvalue weighted by Crippen LogP contribution is -2.04. The number of benzene rings is 2. The third-order valence-electron chi connectivity index (χ3n) is 2.79. The zero-order valence-corrected chi connectivity index (χ0v) is 13.0. The van der Waals surface area contributed by atoms with Gasteiger partial charge in [0.05, 0.1) is 19.3 Å². The highest BCUT2D eigenvalue weighted by molar-refractivity contribution is 5.94. The van der Waals surface area contributed by atoms with Crippen LogP contribution in [0.2, 0.25) is 0 Å². The van der Waals surface area contributed by atoms with E-state index in [0.717, 1.165) is 0 Å². The molecule has 0 saturated carbocycles. The molecule has 0 unspecified atom stereocenters. The zero-order chi connectivity index (χ0) is 17.2. The number of anilines is 1. The summed E-state index contributed by atoms with van der Waals surface area (Å²) >= 11 is 0. The predicted octanol–water partition coefficient (Wildman–Crippen LogP) is 2.66. The van der Waals surface area contributed by atoms with E-state index in [1.807, 2.05) is 6.92 Å². The van der Waals surface area contributed by atoms with Crippen LogP contribution in [-0.2, 0) is 4.74 Å². The van der Waals surface area contributed by atoms with Crippen LogP contribution in [0.15, 0.2) is 42.5 Å². The molecule has 0 amide bonds. The number of ether oxygens (including phenoxy) is 2. The molecule has 0 radical (unpaired) electrons. The van der Waals surface area contributed by atoms with Crippen LogP contribution in [0.4, 0.5) is 5.69 Å². The first-order chi connectivity index (χ1) is 11.0. The Morgan fingerprint density at radius 3 is 2.52 bits per heavy atom. The Bertz CT molecular complexity index is 670. The van der Waals surface area contributed by atoms with Gasteiger partial charge in [-0.05, 0) is 37.3 Å². The van der Waals surface area contributed by atoms with E-state index < -0.39 is 5.97 Å². The first-order valence-electron chi connectivity index (χ1n) is 6.87. The molecule has 0 fully saturated rings. The Hall–Kier alpha value is -3.02. The lowest BCUT2D eigenvalue weighted by Gasteiger charge is -2.04. The number of methoxy groups -OCH3 is 1. The molecule has 6 heteroatoms. The minimum Gasteiger partial charge on any atom is -0.504 e. The summed E-state index contributed by atoms with van der Waals surface area (Å²) in [5.74, 6) is 0.00708. The van der Waals surface area contributed by atoms with E-state index in [1.165, 1.54) is 25.3 Å². The Balaban J connectivity index is 0.000000231. The number of rotatable bonds is 4. The lowest BCUT2D eigenvalue weighted by molar-refractivity contribution is 0.0602. The summed E-state index contributed by atoms with van der Waals surface area (Å²) in [5.41, 5.74) is 6.85. The number of aromatic hydroxyl groups is 1. The molecule has 0 saturated heterocycles. The molecule has 0 bridgehead atoms. The van der Waals surface area contributed by atoms with Gasteiger partial charge >= 0.3 is 5.97 Å². The van der Waals surface area contributed by atoms with E-state index >= 15 is 0 Å². The quantitative estimate of drug-likeness (QED) is 0.511. The second-order valence-corrected chi connectivity index (χ2v) is 4.36. The molecule has 0 spiro atoms. The normalized spacial score (nSPS) is 9.30. The van der Waals surface area contributed by atoms with Crippen molar-refractivity contribution in [1.29, 1.82) is 0 Å². The van der Waals surface area contributed by atoms with Gasteiger partial charge in [0, 0.05) is 11.3 Å². The number of aldehydes is 1. The number of nitrogen functional groups attached to an aromatic ring is 1. The van der Waals surface area contributed by atoms with Gasteiger partial charge in [0.25, 0.3) is 0 Å². The molecule has 3 N–H and O–H groups in total. The first-order valence-corrected chi connectivity index (χ1v) is 6.87. The molecule has 122 valence electrons. The van der Waals surface area contributed by atoms with Crippen molar-refractivity contribution in [2.24, 2.45) is 0 Å². The van der Waals surface area contributed by atoms with E-state index in [2.05, 4.69) is 4.74 Å². The highest BCUT2D eigenvalue weighted by Crippen LogP contribution is 2.25. The van der Waals surface area contributed by atoms with E-state index in [-0.39, 0.29) is 5.75 Å². The van der Waals surface area contributed by atoms with Crippen LogP contribution in [0.1, 0.15) is 27.6 Å². The number of esters is 1. The van der Waals surface area contributed by atoms with Crippen LogP contribution in [0, 0.1) is 0 Å². The monoisotopic (exact) mass is 317 g/mol. The molecular weight excluding hydrogens is 298 g/mol. The number of carbonyl (C=O) groups is 2. The number of nitrogens with two attached hydrogens (primary N) is 1. The Morgan fingerprint density at radius 1 is 1.26 bits per heavy atom. The number of hydrogen-bond donors (Lipinski definition) is 2. The highest BCUT2D eigenvalue weighted by atomic mass is 16.5. The second-order valence-electron chi connectivity index (χ2n) is 4.36. The summed E-state index contributed by atoms with van der Waals surface area (Å²) in [7, 11) is 1.33.